The molecule has 8 rings (SSSR count). The molecule has 0 aliphatic carbocycles. The van der Waals surface area contributed by atoms with Crippen molar-refractivity contribution in [2.75, 3.05) is 27.4 Å². The fourth-order valence-corrected chi connectivity index (χ4v) is 6.58. The molecule has 2 aliphatic rings. The molecule has 234 valence electrons. The standard InChI is InChI=1S/C42H30O6/c1-45-31-15-11-25(12-16-31)19-29-23-47-41-35(39(29)43)21-27-7-3-5-9-33(27)37(41)38-34-10-6-4-8-28(34)22-36-40(44)30(24-48-42(36)38)20-26-13-17-32(46-2)18-14-26/h3-22H,23-24H2,1-2H3/b29-19-,30-20+. The number of carbonyl (C=O) groups is 2. The van der Waals surface area contributed by atoms with Crippen LogP contribution >= 0.6 is 0 Å². The van der Waals surface area contributed by atoms with Crippen molar-refractivity contribution in [1.82, 2.24) is 0 Å². The van der Waals surface area contributed by atoms with E-state index in [2.05, 4.69) is 0 Å². The second-order valence-electron chi connectivity index (χ2n) is 11.8. The summed E-state index contributed by atoms with van der Waals surface area (Å²) in [6.07, 6.45) is 3.72. The Morgan fingerprint density at radius 2 is 0.938 bits per heavy atom. The van der Waals surface area contributed by atoms with Crippen molar-refractivity contribution in [2.45, 2.75) is 0 Å². The third-order valence-electron chi connectivity index (χ3n) is 8.98. The van der Waals surface area contributed by atoms with Gasteiger partial charge >= 0.3 is 0 Å². The molecule has 0 unspecified atom stereocenters. The SMILES string of the molecule is COc1ccc(/C=C2/COc3c(cc4ccccc4c3-c3c4c(cc5ccccc35)C(=O)/C(=C/c3ccc(OC)cc3)CO4)C2=O)cc1. The van der Waals surface area contributed by atoms with Crippen molar-refractivity contribution < 1.29 is 28.5 Å². The smallest absolute Gasteiger partial charge is 0.196 e. The first-order valence-corrected chi connectivity index (χ1v) is 15.7. The number of fused-ring (bicyclic) bond motifs is 4. The van der Waals surface area contributed by atoms with Crippen LogP contribution in [0.2, 0.25) is 0 Å². The van der Waals surface area contributed by atoms with Gasteiger partial charge in [0.05, 0.1) is 25.3 Å². The van der Waals surface area contributed by atoms with Crippen LogP contribution in [0, 0.1) is 0 Å². The molecule has 0 radical (unpaired) electrons. The van der Waals surface area contributed by atoms with E-state index in [4.69, 9.17) is 18.9 Å². The van der Waals surface area contributed by atoms with E-state index >= 15 is 0 Å². The molecule has 48 heavy (non-hydrogen) atoms. The molecule has 6 heteroatoms. The van der Waals surface area contributed by atoms with Gasteiger partial charge in [-0.1, -0.05) is 72.8 Å². The first-order chi connectivity index (χ1) is 23.5. The van der Waals surface area contributed by atoms with Crippen LogP contribution in [0.4, 0.5) is 0 Å². The lowest BCUT2D eigenvalue weighted by atomic mass is 9.84. The highest BCUT2D eigenvalue weighted by atomic mass is 16.5. The fourth-order valence-electron chi connectivity index (χ4n) is 6.58. The van der Waals surface area contributed by atoms with Gasteiger partial charge in [0.1, 0.15) is 36.2 Å². The van der Waals surface area contributed by atoms with Crippen LogP contribution in [0.3, 0.4) is 0 Å². The minimum Gasteiger partial charge on any atom is -0.497 e. The predicted molar refractivity (Wildman–Crippen MR) is 188 cm³/mol. The zero-order valence-corrected chi connectivity index (χ0v) is 26.4. The molecular weight excluding hydrogens is 600 g/mol. The molecule has 2 aliphatic heterocycles. The van der Waals surface area contributed by atoms with E-state index in [-0.39, 0.29) is 24.8 Å². The number of benzene rings is 6. The van der Waals surface area contributed by atoms with Gasteiger partial charge in [-0.3, -0.25) is 9.59 Å². The number of ether oxygens (including phenoxy) is 4. The van der Waals surface area contributed by atoms with Crippen LogP contribution in [0.1, 0.15) is 31.8 Å². The van der Waals surface area contributed by atoms with Gasteiger partial charge < -0.3 is 18.9 Å². The number of rotatable bonds is 5. The quantitative estimate of drug-likeness (QED) is 0.177. The average molecular weight is 631 g/mol. The van der Waals surface area contributed by atoms with Crippen LogP contribution in [-0.4, -0.2) is 39.0 Å². The highest BCUT2D eigenvalue weighted by Crippen LogP contribution is 2.51. The lowest BCUT2D eigenvalue weighted by Gasteiger charge is -2.28. The van der Waals surface area contributed by atoms with Crippen molar-refractivity contribution in [1.29, 1.82) is 0 Å². The number of ketones is 2. The Morgan fingerprint density at radius 1 is 0.542 bits per heavy atom. The monoisotopic (exact) mass is 630 g/mol. The van der Waals surface area contributed by atoms with Gasteiger partial charge in [0, 0.05) is 22.3 Å². The lowest BCUT2D eigenvalue weighted by molar-refractivity contribution is 0.0992. The van der Waals surface area contributed by atoms with Gasteiger partial charge in [0.15, 0.2) is 11.6 Å². The highest BCUT2D eigenvalue weighted by molar-refractivity contribution is 6.23. The lowest BCUT2D eigenvalue weighted by Crippen LogP contribution is -2.21. The Bertz CT molecular complexity index is 2160. The van der Waals surface area contributed by atoms with Crippen LogP contribution in [-0.2, 0) is 0 Å². The largest absolute Gasteiger partial charge is 0.497 e. The minimum absolute atomic E-state index is 0.102. The molecule has 0 aromatic heterocycles. The summed E-state index contributed by atoms with van der Waals surface area (Å²) in [6, 6.07) is 34.8. The van der Waals surface area contributed by atoms with Crippen molar-refractivity contribution in [3.05, 3.63) is 143 Å². The maximum Gasteiger partial charge on any atom is 0.196 e. The third kappa shape index (κ3) is 4.99. The molecular formula is C42H30O6. The number of hydrogen-bond acceptors (Lipinski definition) is 6. The summed E-state index contributed by atoms with van der Waals surface area (Å²) in [7, 11) is 3.24. The number of carbonyl (C=O) groups excluding carboxylic acids is 2. The molecule has 6 aromatic rings. The summed E-state index contributed by atoms with van der Waals surface area (Å²) in [6.45, 7) is 0.204. The molecule has 2 heterocycles. The van der Waals surface area contributed by atoms with Crippen LogP contribution in [0.25, 0.3) is 44.8 Å². The predicted octanol–water partition coefficient (Wildman–Crippen LogP) is 8.99. The third-order valence-corrected chi connectivity index (χ3v) is 8.98. The number of Topliss-reactive ketones (excluding diaryl/α,β-unsaturated/α-hetero) is 2. The molecule has 0 amide bonds. The van der Waals surface area contributed by atoms with Crippen LogP contribution in [0.5, 0.6) is 23.0 Å². The normalized spacial score (nSPS) is 15.6. The summed E-state index contributed by atoms with van der Waals surface area (Å²) < 4.78 is 23.6. The maximum atomic E-state index is 14.2. The Labute approximate surface area is 277 Å². The van der Waals surface area contributed by atoms with Crippen molar-refractivity contribution in [3.63, 3.8) is 0 Å². The Kier molecular flexibility index (Phi) is 7.26. The van der Waals surface area contributed by atoms with Gasteiger partial charge in [-0.2, -0.15) is 0 Å². The summed E-state index contributed by atoms with van der Waals surface area (Å²) in [5.74, 6) is 2.25. The van der Waals surface area contributed by atoms with Gasteiger partial charge in [-0.25, -0.2) is 0 Å². The van der Waals surface area contributed by atoms with E-state index < -0.39 is 0 Å². The molecule has 0 bridgehead atoms. The second kappa shape index (κ2) is 11.9. The summed E-state index contributed by atoms with van der Waals surface area (Å²) in [5, 5.41) is 3.58. The first kappa shape index (κ1) is 29.3. The Hall–Kier alpha value is -6.14. The highest BCUT2D eigenvalue weighted by Gasteiger charge is 2.33. The molecule has 0 N–H and O–H groups in total. The summed E-state index contributed by atoms with van der Waals surface area (Å²) in [4.78, 5) is 28.3. The van der Waals surface area contributed by atoms with Crippen LogP contribution in [0.15, 0.2) is 120 Å². The molecule has 0 atom stereocenters. The van der Waals surface area contributed by atoms with Gasteiger partial charge in [-0.15, -0.1) is 0 Å². The van der Waals surface area contributed by atoms with E-state index in [0.29, 0.717) is 33.8 Å². The summed E-state index contributed by atoms with van der Waals surface area (Å²) in [5.41, 5.74) is 5.27. The van der Waals surface area contributed by atoms with E-state index in [1.54, 1.807) is 14.2 Å². The Morgan fingerprint density at radius 3 is 1.33 bits per heavy atom. The van der Waals surface area contributed by atoms with Crippen molar-refractivity contribution in [2.24, 2.45) is 0 Å². The summed E-state index contributed by atoms with van der Waals surface area (Å²) >= 11 is 0. The minimum atomic E-state index is -0.102. The van der Waals surface area contributed by atoms with Crippen molar-refractivity contribution >= 4 is 45.3 Å². The van der Waals surface area contributed by atoms with E-state index in [1.807, 2.05) is 121 Å². The molecule has 0 fully saturated rings. The van der Waals surface area contributed by atoms with E-state index in [1.165, 1.54) is 0 Å². The van der Waals surface area contributed by atoms with Crippen molar-refractivity contribution in [3.8, 4) is 34.1 Å². The molecule has 0 saturated heterocycles. The molecule has 6 aromatic carbocycles. The fraction of sp³-hybridized carbons (Fsp3) is 0.0952. The van der Waals surface area contributed by atoms with Gasteiger partial charge in [0.2, 0.25) is 0 Å². The zero-order chi connectivity index (χ0) is 32.8. The Balaban J connectivity index is 1.31. The topological polar surface area (TPSA) is 71.1 Å². The van der Waals surface area contributed by atoms with Gasteiger partial charge in [0.25, 0.3) is 0 Å². The molecule has 0 spiro atoms. The average Bonchev–Trinajstić information content (AvgIpc) is 3.13. The first-order valence-electron chi connectivity index (χ1n) is 15.7. The van der Waals surface area contributed by atoms with E-state index in [0.717, 1.165) is 55.3 Å². The molecule has 6 nitrogen and oxygen atoms in total. The molecule has 0 saturated carbocycles. The number of methoxy groups -OCH3 is 2. The van der Waals surface area contributed by atoms with E-state index in [9.17, 15) is 9.59 Å². The number of hydrogen-bond donors (Lipinski definition) is 0. The second-order valence-corrected chi connectivity index (χ2v) is 11.8. The zero-order valence-electron chi connectivity index (χ0n) is 26.4. The van der Waals surface area contributed by atoms with Crippen LogP contribution < -0.4 is 18.9 Å². The van der Waals surface area contributed by atoms with Gasteiger partial charge in [-0.05, 0) is 81.2 Å². The maximum absolute atomic E-state index is 14.2.